The molecule has 2 N–H and O–H groups in total. The van der Waals surface area contributed by atoms with Crippen molar-refractivity contribution < 1.29 is 19.2 Å². The molecule has 0 fully saturated rings. The molecule has 0 aliphatic rings. The Morgan fingerprint density at radius 1 is 1.03 bits per heavy atom. The Hall–Kier alpha value is -3.28. The number of hydrogen-bond donors (Lipinski definition) is 2. The first kappa shape index (κ1) is 22.0. The van der Waals surface area contributed by atoms with Gasteiger partial charge >= 0.3 is 0 Å². The summed E-state index contributed by atoms with van der Waals surface area (Å²) < 4.78 is 0. The molecule has 0 aliphatic carbocycles. The quantitative estimate of drug-likeness (QED) is 0.606. The summed E-state index contributed by atoms with van der Waals surface area (Å²) in [7, 11) is 0. The van der Waals surface area contributed by atoms with Crippen LogP contribution in [0.2, 0.25) is 0 Å². The number of rotatable bonds is 10. The molecule has 6 nitrogen and oxygen atoms in total. The highest BCUT2D eigenvalue weighted by Gasteiger charge is 2.19. The Morgan fingerprint density at radius 2 is 1.76 bits per heavy atom. The van der Waals surface area contributed by atoms with Gasteiger partial charge in [-0.3, -0.25) is 14.4 Å². The monoisotopic (exact) mass is 394 g/mol. The van der Waals surface area contributed by atoms with E-state index in [1.165, 1.54) is 6.92 Å². The molecule has 0 saturated carbocycles. The number of ketones is 1. The van der Waals surface area contributed by atoms with Gasteiger partial charge in [-0.2, -0.15) is 0 Å². The van der Waals surface area contributed by atoms with E-state index in [9.17, 15) is 19.2 Å². The molecule has 0 saturated heterocycles. The minimum atomic E-state index is -0.693. The largest absolute Gasteiger partial charge is 0.352 e. The van der Waals surface area contributed by atoms with Crippen molar-refractivity contribution in [3.63, 3.8) is 0 Å². The summed E-state index contributed by atoms with van der Waals surface area (Å²) in [5, 5.41) is 5.58. The number of amides is 2. The normalized spacial score (nSPS) is 11.4. The van der Waals surface area contributed by atoms with Crippen molar-refractivity contribution in [3.8, 4) is 0 Å². The van der Waals surface area contributed by atoms with Crippen LogP contribution in [0.15, 0.2) is 48.5 Å². The Morgan fingerprint density at radius 3 is 2.41 bits per heavy atom. The second-order valence-electron chi connectivity index (χ2n) is 6.91. The van der Waals surface area contributed by atoms with Gasteiger partial charge in [-0.15, -0.1) is 0 Å². The van der Waals surface area contributed by atoms with Crippen molar-refractivity contribution in [3.05, 3.63) is 70.8 Å². The summed E-state index contributed by atoms with van der Waals surface area (Å²) in [5.74, 6) is -0.663. The number of hydrogen-bond acceptors (Lipinski definition) is 4. The van der Waals surface area contributed by atoms with Gasteiger partial charge in [-0.05, 0) is 43.0 Å². The number of Topliss-reactive ketones (excluding diaryl/α,β-unsaturated/α-hetero) is 1. The third-order valence-corrected chi connectivity index (χ3v) is 4.74. The molecule has 2 rings (SSSR count). The van der Waals surface area contributed by atoms with Crippen LogP contribution in [0, 0.1) is 6.92 Å². The van der Waals surface area contributed by atoms with Crippen molar-refractivity contribution in [2.45, 2.75) is 45.7 Å². The second kappa shape index (κ2) is 10.9. The predicted octanol–water partition coefficient (Wildman–Crippen LogP) is 2.52. The molecule has 0 radical (unpaired) electrons. The van der Waals surface area contributed by atoms with Gasteiger partial charge in [0, 0.05) is 18.5 Å². The van der Waals surface area contributed by atoms with Crippen LogP contribution in [-0.2, 0) is 27.3 Å². The van der Waals surface area contributed by atoms with Crippen LogP contribution >= 0.6 is 0 Å². The maximum absolute atomic E-state index is 12.6. The summed E-state index contributed by atoms with van der Waals surface area (Å²) in [6.45, 7) is 3.50. The van der Waals surface area contributed by atoms with Crippen LogP contribution in [0.3, 0.4) is 0 Å². The van der Waals surface area contributed by atoms with E-state index in [0.717, 1.165) is 23.0 Å². The molecular weight excluding hydrogens is 368 g/mol. The first-order valence-electron chi connectivity index (χ1n) is 9.56. The summed E-state index contributed by atoms with van der Waals surface area (Å²) >= 11 is 0. The standard InChI is InChI=1S/C23H26N2O4/c1-16-19(15-24-22(28)14-18-8-4-3-5-9-18)10-6-11-20(16)23(29)25-21(17(2)27)12-7-13-26/h3-6,8-11,13,21H,7,12,14-15H2,1-2H3,(H,24,28)(H,25,29). The summed E-state index contributed by atoms with van der Waals surface area (Å²) in [4.78, 5) is 47.1. The predicted molar refractivity (Wildman–Crippen MR) is 110 cm³/mol. The molecule has 29 heavy (non-hydrogen) atoms. The molecule has 0 heterocycles. The smallest absolute Gasteiger partial charge is 0.252 e. The highest BCUT2D eigenvalue weighted by molar-refractivity contribution is 5.99. The summed E-state index contributed by atoms with van der Waals surface area (Å²) in [6, 6.07) is 14.0. The average Bonchev–Trinajstić information content (AvgIpc) is 2.70. The third kappa shape index (κ3) is 6.68. The fraction of sp³-hybridized carbons (Fsp3) is 0.304. The second-order valence-corrected chi connectivity index (χ2v) is 6.91. The lowest BCUT2D eigenvalue weighted by atomic mass is 10.0. The van der Waals surface area contributed by atoms with Crippen LogP contribution in [0.1, 0.15) is 46.8 Å². The molecule has 0 aromatic heterocycles. The lowest BCUT2D eigenvalue weighted by Crippen LogP contribution is -2.40. The van der Waals surface area contributed by atoms with Crippen molar-refractivity contribution in [2.24, 2.45) is 0 Å². The van der Waals surface area contributed by atoms with E-state index < -0.39 is 6.04 Å². The van der Waals surface area contributed by atoms with Gasteiger partial charge in [0.15, 0.2) is 5.78 Å². The minimum absolute atomic E-state index is 0.101. The van der Waals surface area contributed by atoms with Gasteiger partial charge < -0.3 is 15.4 Å². The molecule has 2 aromatic rings. The van der Waals surface area contributed by atoms with Crippen LogP contribution < -0.4 is 10.6 Å². The maximum atomic E-state index is 12.6. The summed E-state index contributed by atoms with van der Waals surface area (Å²) in [6.07, 6.45) is 1.50. The minimum Gasteiger partial charge on any atom is -0.352 e. The number of nitrogens with one attached hydrogen (secondary N) is 2. The Kier molecular flexibility index (Phi) is 8.27. The van der Waals surface area contributed by atoms with E-state index in [1.54, 1.807) is 12.1 Å². The van der Waals surface area contributed by atoms with Crippen LogP contribution in [-0.4, -0.2) is 29.9 Å². The highest BCUT2D eigenvalue weighted by atomic mass is 16.2. The molecule has 2 amide bonds. The van der Waals surface area contributed by atoms with Gasteiger partial charge in [0.25, 0.3) is 5.91 Å². The molecule has 0 spiro atoms. The van der Waals surface area contributed by atoms with E-state index in [4.69, 9.17) is 0 Å². The molecule has 6 heteroatoms. The van der Waals surface area contributed by atoms with E-state index in [-0.39, 0.29) is 36.9 Å². The van der Waals surface area contributed by atoms with E-state index in [2.05, 4.69) is 10.6 Å². The van der Waals surface area contributed by atoms with Crippen molar-refractivity contribution in [1.29, 1.82) is 0 Å². The topological polar surface area (TPSA) is 92.3 Å². The zero-order valence-electron chi connectivity index (χ0n) is 16.7. The van der Waals surface area contributed by atoms with Crippen LogP contribution in [0.25, 0.3) is 0 Å². The molecule has 1 atom stereocenters. The van der Waals surface area contributed by atoms with Crippen LogP contribution in [0.5, 0.6) is 0 Å². The van der Waals surface area contributed by atoms with Crippen molar-refractivity contribution >= 4 is 23.9 Å². The molecule has 0 aliphatic heterocycles. The third-order valence-electron chi connectivity index (χ3n) is 4.74. The van der Waals surface area contributed by atoms with Gasteiger partial charge in [0.05, 0.1) is 12.5 Å². The number of aldehydes is 1. The van der Waals surface area contributed by atoms with Gasteiger partial charge in [0.1, 0.15) is 6.29 Å². The molecule has 1 unspecified atom stereocenters. The fourth-order valence-electron chi connectivity index (χ4n) is 3.01. The number of benzene rings is 2. The zero-order chi connectivity index (χ0) is 21.2. The Bertz CT molecular complexity index is 878. The van der Waals surface area contributed by atoms with E-state index >= 15 is 0 Å². The molecule has 0 bridgehead atoms. The van der Waals surface area contributed by atoms with Crippen molar-refractivity contribution in [2.75, 3.05) is 0 Å². The van der Waals surface area contributed by atoms with Crippen LogP contribution in [0.4, 0.5) is 0 Å². The highest BCUT2D eigenvalue weighted by Crippen LogP contribution is 2.15. The SMILES string of the molecule is CC(=O)C(CCC=O)NC(=O)c1cccc(CNC(=O)Cc2ccccc2)c1C. The lowest BCUT2D eigenvalue weighted by molar-refractivity contribution is -0.121. The number of carbonyl (C=O) groups excluding carboxylic acids is 4. The van der Waals surface area contributed by atoms with E-state index in [0.29, 0.717) is 12.1 Å². The van der Waals surface area contributed by atoms with E-state index in [1.807, 2.05) is 43.3 Å². The molecule has 152 valence electrons. The summed E-state index contributed by atoms with van der Waals surface area (Å²) in [5.41, 5.74) is 2.94. The Labute approximate surface area is 170 Å². The van der Waals surface area contributed by atoms with Gasteiger partial charge in [0.2, 0.25) is 5.91 Å². The number of carbonyl (C=O) groups is 4. The zero-order valence-corrected chi connectivity index (χ0v) is 16.7. The molecule has 2 aromatic carbocycles. The average molecular weight is 394 g/mol. The molecular formula is C23H26N2O4. The van der Waals surface area contributed by atoms with Gasteiger partial charge in [-0.25, -0.2) is 0 Å². The fourth-order valence-corrected chi connectivity index (χ4v) is 3.01. The van der Waals surface area contributed by atoms with Crippen molar-refractivity contribution in [1.82, 2.24) is 10.6 Å². The first-order valence-corrected chi connectivity index (χ1v) is 9.56. The Balaban J connectivity index is 2.02. The first-order chi connectivity index (χ1) is 13.9. The lowest BCUT2D eigenvalue weighted by Gasteiger charge is -2.17. The van der Waals surface area contributed by atoms with Gasteiger partial charge in [-0.1, -0.05) is 42.5 Å². The maximum Gasteiger partial charge on any atom is 0.252 e.